The summed E-state index contributed by atoms with van der Waals surface area (Å²) in [6.07, 6.45) is 3.35. The zero-order chi connectivity index (χ0) is 15.1. The molecule has 0 aliphatic rings. The lowest BCUT2D eigenvalue weighted by atomic mass is 10.0. The van der Waals surface area contributed by atoms with Crippen molar-refractivity contribution in [1.82, 2.24) is 0 Å². The van der Waals surface area contributed by atoms with Crippen LogP contribution in [-0.2, 0) is 0 Å². The molecule has 0 heterocycles. The molecule has 2 aromatic carbocycles. The van der Waals surface area contributed by atoms with Gasteiger partial charge in [0.15, 0.2) is 0 Å². The van der Waals surface area contributed by atoms with Gasteiger partial charge in [-0.15, -0.1) is 0 Å². The lowest BCUT2D eigenvalue weighted by Gasteiger charge is -2.25. The zero-order valence-corrected chi connectivity index (χ0v) is 13.1. The Labute approximate surface area is 128 Å². The highest BCUT2D eigenvalue weighted by molar-refractivity contribution is 5.63. The summed E-state index contributed by atoms with van der Waals surface area (Å²) in [6, 6.07) is 19.4. The van der Waals surface area contributed by atoms with Crippen LogP contribution in [0.25, 0.3) is 0 Å². The SMILES string of the molecule is CCCCN(c1ccccc1)c1ccc([C@@H](N)CC)cc1. The molecular weight excluding hydrogens is 256 g/mol. The number of hydrogen-bond donors (Lipinski definition) is 1. The lowest BCUT2D eigenvalue weighted by molar-refractivity contribution is 0.698. The average molecular weight is 282 g/mol. The first-order chi connectivity index (χ1) is 10.3. The predicted molar refractivity (Wildman–Crippen MR) is 92.0 cm³/mol. The van der Waals surface area contributed by atoms with Crippen LogP contribution >= 0.6 is 0 Å². The molecule has 0 amide bonds. The Morgan fingerprint density at radius 3 is 2.10 bits per heavy atom. The Hall–Kier alpha value is -1.80. The van der Waals surface area contributed by atoms with Gasteiger partial charge >= 0.3 is 0 Å². The average Bonchev–Trinajstić information content (AvgIpc) is 2.56. The van der Waals surface area contributed by atoms with E-state index in [0.29, 0.717) is 0 Å². The minimum absolute atomic E-state index is 0.139. The molecule has 0 unspecified atom stereocenters. The van der Waals surface area contributed by atoms with Crippen LogP contribution in [0.15, 0.2) is 54.6 Å². The minimum atomic E-state index is 0.139. The van der Waals surface area contributed by atoms with Gasteiger partial charge in [-0.2, -0.15) is 0 Å². The smallest absolute Gasteiger partial charge is 0.0410 e. The molecule has 2 rings (SSSR count). The van der Waals surface area contributed by atoms with Crippen molar-refractivity contribution in [2.75, 3.05) is 11.4 Å². The van der Waals surface area contributed by atoms with E-state index in [9.17, 15) is 0 Å². The van der Waals surface area contributed by atoms with Crippen molar-refractivity contribution in [3.05, 3.63) is 60.2 Å². The molecule has 2 aromatic rings. The maximum absolute atomic E-state index is 6.10. The van der Waals surface area contributed by atoms with E-state index in [0.717, 1.165) is 13.0 Å². The van der Waals surface area contributed by atoms with Gasteiger partial charge in [0, 0.05) is 24.0 Å². The highest BCUT2D eigenvalue weighted by Gasteiger charge is 2.09. The molecule has 0 saturated heterocycles. The number of rotatable bonds is 7. The standard InChI is InChI=1S/C19H26N2/c1-3-5-15-21(17-9-7-6-8-10-17)18-13-11-16(12-14-18)19(20)4-2/h6-14,19H,3-5,15,20H2,1-2H3/t19-/m0/s1. The van der Waals surface area contributed by atoms with Crippen LogP contribution < -0.4 is 10.6 Å². The number of para-hydroxylation sites is 1. The fourth-order valence-electron chi connectivity index (χ4n) is 2.47. The maximum atomic E-state index is 6.10. The van der Waals surface area contributed by atoms with Gasteiger partial charge in [0.05, 0.1) is 0 Å². The van der Waals surface area contributed by atoms with Gasteiger partial charge in [0.1, 0.15) is 0 Å². The third-order valence-corrected chi connectivity index (χ3v) is 3.88. The predicted octanol–water partition coefficient (Wildman–Crippen LogP) is 5.03. The first kappa shape index (κ1) is 15.6. The Kier molecular flexibility index (Phi) is 5.82. The van der Waals surface area contributed by atoms with E-state index in [4.69, 9.17) is 5.73 Å². The van der Waals surface area contributed by atoms with Gasteiger partial charge in [0.25, 0.3) is 0 Å². The van der Waals surface area contributed by atoms with Gasteiger partial charge in [-0.3, -0.25) is 0 Å². The van der Waals surface area contributed by atoms with Crippen molar-refractivity contribution in [2.24, 2.45) is 5.73 Å². The van der Waals surface area contributed by atoms with Crippen molar-refractivity contribution in [3.63, 3.8) is 0 Å². The molecule has 0 fully saturated rings. The molecule has 0 aliphatic carbocycles. The summed E-state index contributed by atoms with van der Waals surface area (Å²) in [6.45, 7) is 5.39. The molecular formula is C19H26N2. The van der Waals surface area contributed by atoms with Gasteiger partial charge in [-0.05, 0) is 42.7 Å². The fourth-order valence-corrected chi connectivity index (χ4v) is 2.47. The van der Waals surface area contributed by atoms with Crippen LogP contribution in [0.4, 0.5) is 11.4 Å². The molecule has 0 radical (unpaired) electrons. The van der Waals surface area contributed by atoms with E-state index in [1.54, 1.807) is 0 Å². The normalized spacial score (nSPS) is 12.1. The molecule has 0 bridgehead atoms. The summed E-state index contributed by atoms with van der Waals surface area (Å²) in [7, 11) is 0. The van der Waals surface area contributed by atoms with Crippen molar-refractivity contribution in [2.45, 2.75) is 39.2 Å². The Morgan fingerprint density at radius 1 is 0.905 bits per heavy atom. The first-order valence-electron chi connectivity index (χ1n) is 7.94. The van der Waals surface area contributed by atoms with Crippen LogP contribution in [0.2, 0.25) is 0 Å². The number of nitrogens with zero attached hydrogens (tertiary/aromatic N) is 1. The molecule has 2 nitrogen and oxygen atoms in total. The molecule has 2 N–H and O–H groups in total. The summed E-state index contributed by atoms with van der Waals surface area (Å²) in [5, 5.41) is 0. The van der Waals surface area contributed by atoms with Gasteiger partial charge < -0.3 is 10.6 Å². The Bertz CT molecular complexity index is 519. The minimum Gasteiger partial charge on any atom is -0.341 e. The summed E-state index contributed by atoms with van der Waals surface area (Å²) in [5.41, 5.74) is 9.80. The second kappa shape index (κ2) is 7.84. The molecule has 0 aromatic heterocycles. The third-order valence-electron chi connectivity index (χ3n) is 3.88. The number of anilines is 2. The van der Waals surface area contributed by atoms with Gasteiger partial charge in [0.2, 0.25) is 0 Å². The molecule has 0 saturated carbocycles. The number of benzene rings is 2. The van der Waals surface area contributed by atoms with E-state index in [1.807, 2.05) is 0 Å². The molecule has 1 atom stereocenters. The van der Waals surface area contributed by atoms with Crippen LogP contribution in [0.3, 0.4) is 0 Å². The molecule has 0 aliphatic heterocycles. The van der Waals surface area contributed by atoms with E-state index in [-0.39, 0.29) is 6.04 Å². The second-order valence-corrected chi connectivity index (χ2v) is 5.45. The van der Waals surface area contributed by atoms with Crippen LogP contribution in [0, 0.1) is 0 Å². The van der Waals surface area contributed by atoms with Crippen LogP contribution in [0.1, 0.15) is 44.7 Å². The van der Waals surface area contributed by atoms with E-state index >= 15 is 0 Å². The van der Waals surface area contributed by atoms with Crippen LogP contribution in [0.5, 0.6) is 0 Å². The fraction of sp³-hybridized carbons (Fsp3) is 0.368. The van der Waals surface area contributed by atoms with Crippen LogP contribution in [-0.4, -0.2) is 6.54 Å². The monoisotopic (exact) mass is 282 g/mol. The number of nitrogens with two attached hydrogens (primary N) is 1. The lowest BCUT2D eigenvalue weighted by Crippen LogP contribution is -2.18. The molecule has 2 heteroatoms. The number of unbranched alkanes of at least 4 members (excludes halogenated alkanes) is 1. The molecule has 0 spiro atoms. The largest absolute Gasteiger partial charge is 0.341 e. The summed E-state index contributed by atoms with van der Waals surface area (Å²) < 4.78 is 0. The summed E-state index contributed by atoms with van der Waals surface area (Å²) in [4.78, 5) is 2.38. The zero-order valence-electron chi connectivity index (χ0n) is 13.1. The topological polar surface area (TPSA) is 29.3 Å². The first-order valence-corrected chi connectivity index (χ1v) is 7.94. The second-order valence-electron chi connectivity index (χ2n) is 5.45. The quantitative estimate of drug-likeness (QED) is 0.771. The summed E-state index contributed by atoms with van der Waals surface area (Å²) >= 11 is 0. The molecule has 21 heavy (non-hydrogen) atoms. The van der Waals surface area contributed by atoms with Crippen molar-refractivity contribution in [1.29, 1.82) is 0 Å². The third kappa shape index (κ3) is 4.08. The van der Waals surface area contributed by atoms with Gasteiger partial charge in [-0.25, -0.2) is 0 Å². The number of hydrogen-bond acceptors (Lipinski definition) is 2. The van der Waals surface area contributed by atoms with Crippen molar-refractivity contribution < 1.29 is 0 Å². The van der Waals surface area contributed by atoms with Crippen molar-refractivity contribution >= 4 is 11.4 Å². The Balaban J connectivity index is 2.24. The highest BCUT2D eigenvalue weighted by atomic mass is 15.1. The Morgan fingerprint density at radius 2 is 1.52 bits per heavy atom. The maximum Gasteiger partial charge on any atom is 0.0410 e. The van der Waals surface area contributed by atoms with E-state index in [2.05, 4.69) is 73.3 Å². The van der Waals surface area contributed by atoms with E-state index < -0.39 is 0 Å². The summed E-state index contributed by atoms with van der Waals surface area (Å²) in [5.74, 6) is 0. The highest BCUT2D eigenvalue weighted by Crippen LogP contribution is 2.27. The van der Waals surface area contributed by atoms with Gasteiger partial charge in [-0.1, -0.05) is 50.6 Å². The van der Waals surface area contributed by atoms with E-state index in [1.165, 1.54) is 29.8 Å². The van der Waals surface area contributed by atoms with Crippen molar-refractivity contribution in [3.8, 4) is 0 Å². The molecule has 112 valence electrons.